The van der Waals surface area contributed by atoms with E-state index in [-0.39, 0.29) is 5.91 Å². The lowest BCUT2D eigenvalue weighted by Crippen LogP contribution is -2.39. The summed E-state index contributed by atoms with van der Waals surface area (Å²) in [6, 6.07) is 1.20. The molecule has 2 bridgehead atoms. The van der Waals surface area contributed by atoms with Crippen molar-refractivity contribution in [2.45, 2.75) is 38.3 Å². The standard InChI is InChI=1S/C13H20N4O/c1-9-12(7-14-15-9)13(18)17-6-5-10-3-4-11(8-17)16(10)2/h7,10-11H,3-6,8H2,1-2H3,(H,14,15). The lowest BCUT2D eigenvalue weighted by atomic mass is 10.1. The summed E-state index contributed by atoms with van der Waals surface area (Å²) in [5.74, 6) is 0.127. The molecule has 2 aliphatic rings. The van der Waals surface area contributed by atoms with Crippen LogP contribution in [0.15, 0.2) is 6.20 Å². The van der Waals surface area contributed by atoms with E-state index in [1.54, 1.807) is 6.20 Å². The van der Waals surface area contributed by atoms with Crippen molar-refractivity contribution < 1.29 is 4.79 Å². The van der Waals surface area contributed by atoms with Crippen LogP contribution < -0.4 is 0 Å². The second-order valence-electron chi connectivity index (χ2n) is 5.50. The zero-order valence-corrected chi connectivity index (χ0v) is 11.0. The van der Waals surface area contributed by atoms with Crippen LogP contribution in [0.1, 0.15) is 35.3 Å². The molecule has 5 heteroatoms. The Kier molecular flexibility index (Phi) is 2.86. The molecule has 1 amide bonds. The molecule has 0 aliphatic carbocycles. The van der Waals surface area contributed by atoms with Crippen LogP contribution in [0.3, 0.4) is 0 Å². The summed E-state index contributed by atoms with van der Waals surface area (Å²) in [6.45, 7) is 3.63. The van der Waals surface area contributed by atoms with E-state index in [4.69, 9.17) is 0 Å². The Balaban J connectivity index is 1.78. The van der Waals surface area contributed by atoms with Crippen molar-refractivity contribution in [3.8, 4) is 0 Å². The third-order valence-corrected chi connectivity index (χ3v) is 4.50. The molecule has 2 unspecified atom stereocenters. The van der Waals surface area contributed by atoms with E-state index in [9.17, 15) is 4.79 Å². The minimum absolute atomic E-state index is 0.127. The molecule has 1 aromatic heterocycles. The molecule has 1 aromatic rings. The minimum Gasteiger partial charge on any atom is -0.337 e. The second kappa shape index (κ2) is 4.39. The number of hydrogen-bond donors (Lipinski definition) is 1. The number of rotatable bonds is 1. The zero-order chi connectivity index (χ0) is 12.7. The molecule has 98 valence electrons. The number of carbonyl (C=O) groups is 1. The van der Waals surface area contributed by atoms with Crippen LogP contribution in [0.4, 0.5) is 0 Å². The predicted octanol–water partition coefficient (Wildman–Crippen LogP) is 1.03. The molecule has 0 saturated carbocycles. The number of likely N-dealkylation sites (N-methyl/N-ethyl adjacent to an activating group) is 1. The number of aromatic nitrogens is 2. The number of aryl methyl sites for hydroxylation is 1. The van der Waals surface area contributed by atoms with Crippen molar-refractivity contribution in [2.24, 2.45) is 0 Å². The molecule has 0 radical (unpaired) electrons. The van der Waals surface area contributed by atoms with Crippen LogP contribution in [0.5, 0.6) is 0 Å². The lowest BCUT2D eigenvalue weighted by Gasteiger charge is -2.25. The summed E-state index contributed by atoms with van der Waals surface area (Å²) in [5.41, 5.74) is 1.58. The van der Waals surface area contributed by atoms with Gasteiger partial charge in [-0.3, -0.25) is 14.8 Å². The summed E-state index contributed by atoms with van der Waals surface area (Å²) in [4.78, 5) is 16.9. The Bertz CT molecular complexity index is 456. The van der Waals surface area contributed by atoms with Gasteiger partial charge >= 0.3 is 0 Å². The van der Waals surface area contributed by atoms with Crippen molar-refractivity contribution in [2.75, 3.05) is 20.1 Å². The summed E-state index contributed by atoms with van der Waals surface area (Å²) in [5, 5.41) is 6.78. The molecule has 5 nitrogen and oxygen atoms in total. The van der Waals surface area contributed by atoms with Crippen LogP contribution in [-0.4, -0.2) is 58.1 Å². The molecule has 2 fully saturated rings. The molecule has 3 heterocycles. The van der Waals surface area contributed by atoms with Gasteiger partial charge in [0.05, 0.1) is 11.8 Å². The van der Waals surface area contributed by atoms with E-state index in [1.165, 1.54) is 12.8 Å². The normalized spacial score (nSPS) is 28.4. The fourth-order valence-corrected chi connectivity index (χ4v) is 3.23. The third-order valence-electron chi connectivity index (χ3n) is 4.50. The average molecular weight is 248 g/mol. The number of carbonyl (C=O) groups excluding carboxylic acids is 1. The highest BCUT2D eigenvalue weighted by atomic mass is 16.2. The van der Waals surface area contributed by atoms with E-state index >= 15 is 0 Å². The maximum atomic E-state index is 12.5. The SMILES string of the molecule is Cc1[nH]ncc1C(=O)N1CCC2CCC(C1)N2C. The number of amides is 1. The van der Waals surface area contributed by atoms with E-state index in [1.807, 2.05) is 11.8 Å². The molecule has 0 spiro atoms. The molecule has 2 saturated heterocycles. The van der Waals surface area contributed by atoms with E-state index in [0.717, 1.165) is 30.8 Å². The fourth-order valence-electron chi connectivity index (χ4n) is 3.23. The number of H-pyrrole nitrogens is 1. The second-order valence-corrected chi connectivity index (χ2v) is 5.50. The van der Waals surface area contributed by atoms with Gasteiger partial charge in [-0.15, -0.1) is 0 Å². The van der Waals surface area contributed by atoms with Crippen molar-refractivity contribution in [3.05, 3.63) is 17.5 Å². The Morgan fingerprint density at radius 3 is 2.89 bits per heavy atom. The van der Waals surface area contributed by atoms with Crippen LogP contribution in [0, 0.1) is 6.92 Å². The van der Waals surface area contributed by atoms with Gasteiger partial charge in [0, 0.05) is 30.9 Å². The molecule has 2 aliphatic heterocycles. The van der Waals surface area contributed by atoms with Gasteiger partial charge in [0.2, 0.25) is 0 Å². The molecule has 3 rings (SSSR count). The first-order valence-corrected chi connectivity index (χ1v) is 6.68. The summed E-state index contributed by atoms with van der Waals surface area (Å²) >= 11 is 0. The van der Waals surface area contributed by atoms with E-state index in [0.29, 0.717) is 12.1 Å². The highest BCUT2D eigenvalue weighted by molar-refractivity contribution is 5.95. The number of nitrogens with zero attached hydrogens (tertiary/aromatic N) is 3. The van der Waals surface area contributed by atoms with Gasteiger partial charge in [-0.1, -0.05) is 0 Å². The van der Waals surface area contributed by atoms with Crippen LogP contribution in [0.25, 0.3) is 0 Å². The molecule has 0 aromatic carbocycles. The smallest absolute Gasteiger partial charge is 0.257 e. The van der Waals surface area contributed by atoms with Gasteiger partial charge in [-0.25, -0.2) is 0 Å². The Morgan fingerprint density at radius 2 is 2.17 bits per heavy atom. The Labute approximate surface area is 107 Å². The summed E-state index contributed by atoms with van der Waals surface area (Å²) in [7, 11) is 2.19. The van der Waals surface area contributed by atoms with Crippen LogP contribution in [0.2, 0.25) is 0 Å². The molecular weight excluding hydrogens is 228 g/mol. The first-order valence-electron chi connectivity index (χ1n) is 6.68. The largest absolute Gasteiger partial charge is 0.337 e. The average Bonchev–Trinajstić information content (AvgIpc) is 2.84. The zero-order valence-electron chi connectivity index (χ0n) is 11.0. The highest BCUT2D eigenvalue weighted by Gasteiger charge is 2.36. The number of fused-ring (bicyclic) bond motifs is 2. The maximum Gasteiger partial charge on any atom is 0.257 e. The van der Waals surface area contributed by atoms with Crippen molar-refractivity contribution in [1.29, 1.82) is 0 Å². The fraction of sp³-hybridized carbons (Fsp3) is 0.692. The van der Waals surface area contributed by atoms with Gasteiger partial charge in [0.15, 0.2) is 0 Å². The Hall–Kier alpha value is -1.36. The quantitative estimate of drug-likeness (QED) is 0.807. The maximum absolute atomic E-state index is 12.5. The van der Waals surface area contributed by atoms with Gasteiger partial charge in [0.1, 0.15) is 0 Å². The number of likely N-dealkylation sites (tertiary alicyclic amines) is 1. The molecular formula is C13H20N4O. The summed E-state index contributed by atoms with van der Waals surface area (Å²) < 4.78 is 0. The molecule has 18 heavy (non-hydrogen) atoms. The van der Waals surface area contributed by atoms with Crippen molar-refractivity contribution in [1.82, 2.24) is 20.0 Å². The van der Waals surface area contributed by atoms with E-state index in [2.05, 4.69) is 22.1 Å². The number of hydrogen-bond acceptors (Lipinski definition) is 3. The predicted molar refractivity (Wildman–Crippen MR) is 68.4 cm³/mol. The molecule has 1 N–H and O–H groups in total. The lowest BCUT2D eigenvalue weighted by molar-refractivity contribution is 0.0739. The molecule has 2 atom stereocenters. The monoisotopic (exact) mass is 248 g/mol. The number of nitrogens with one attached hydrogen (secondary N) is 1. The first kappa shape index (κ1) is 11.7. The topological polar surface area (TPSA) is 52.2 Å². The third kappa shape index (κ3) is 1.82. The van der Waals surface area contributed by atoms with Crippen molar-refractivity contribution in [3.63, 3.8) is 0 Å². The summed E-state index contributed by atoms with van der Waals surface area (Å²) in [6.07, 6.45) is 5.24. The van der Waals surface area contributed by atoms with Crippen molar-refractivity contribution >= 4 is 5.91 Å². The number of aromatic amines is 1. The van der Waals surface area contributed by atoms with Gasteiger partial charge in [0.25, 0.3) is 5.91 Å². The van der Waals surface area contributed by atoms with Gasteiger partial charge in [-0.2, -0.15) is 5.10 Å². The minimum atomic E-state index is 0.127. The van der Waals surface area contributed by atoms with Gasteiger partial charge < -0.3 is 4.90 Å². The first-order chi connectivity index (χ1) is 8.66. The van der Waals surface area contributed by atoms with Crippen LogP contribution in [-0.2, 0) is 0 Å². The van der Waals surface area contributed by atoms with E-state index < -0.39 is 0 Å². The van der Waals surface area contributed by atoms with Gasteiger partial charge in [-0.05, 0) is 33.2 Å². The Morgan fingerprint density at radius 1 is 1.39 bits per heavy atom. The highest BCUT2D eigenvalue weighted by Crippen LogP contribution is 2.29. The van der Waals surface area contributed by atoms with Crippen LogP contribution >= 0.6 is 0 Å².